The molecule has 0 bridgehead atoms. The van der Waals surface area contributed by atoms with Crippen LogP contribution in [-0.2, 0) is 6.42 Å². The number of nitrogens with one attached hydrogen (secondary N) is 1. The van der Waals surface area contributed by atoms with Crippen molar-refractivity contribution in [1.82, 2.24) is 0 Å². The average Bonchev–Trinajstić information content (AvgIpc) is 2.06. The molecule has 0 aromatic heterocycles. The van der Waals surface area contributed by atoms with Gasteiger partial charge in [-0.15, -0.1) is 0 Å². The maximum Gasteiger partial charge on any atom is 0.168 e. The second-order valence-electron chi connectivity index (χ2n) is 3.74. The van der Waals surface area contributed by atoms with Gasteiger partial charge in [0.25, 0.3) is 0 Å². The molecule has 0 amide bonds. The third kappa shape index (κ3) is 3.34. The molecule has 0 aliphatic carbocycles. The minimum Gasteiger partial charge on any atom is -0.376 e. The van der Waals surface area contributed by atoms with Crippen LogP contribution in [0, 0.1) is 5.92 Å². The first-order valence-corrected chi connectivity index (χ1v) is 5.14. The summed E-state index contributed by atoms with van der Waals surface area (Å²) in [6.45, 7) is 4.38. The van der Waals surface area contributed by atoms with E-state index in [9.17, 15) is 0 Å². The summed E-state index contributed by atoms with van der Waals surface area (Å²) < 4.78 is 0. The van der Waals surface area contributed by atoms with Gasteiger partial charge in [0.2, 0.25) is 0 Å². The van der Waals surface area contributed by atoms with Gasteiger partial charge in [0.15, 0.2) is 5.11 Å². The minimum atomic E-state index is 0.321. The number of hydrogen-bond donors (Lipinski definition) is 2. The fourth-order valence-electron chi connectivity index (χ4n) is 1.39. The van der Waals surface area contributed by atoms with Crippen LogP contribution in [0.4, 0.5) is 5.69 Å². The Kier molecular flexibility index (Phi) is 3.89. The highest BCUT2D eigenvalue weighted by Gasteiger charge is 2.03. The third-order valence-electron chi connectivity index (χ3n) is 1.90. The summed E-state index contributed by atoms with van der Waals surface area (Å²) >= 11 is 4.82. The quantitative estimate of drug-likeness (QED) is 0.750. The standard InChI is InChI=1S/C11H16N2S/c1-8(2)7-9-5-3-4-6-10(9)13-11(12)14/h3-6,8H,7H2,1-2H3,(H3,12,13,14). The van der Waals surface area contributed by atoms with E-state index in [1.165, 1.54) is 5.56 Å². The molecule has 3 N–H and O–H groups in total. The molecule has 3 heteroatoms. The number of rotatable bonds is 3. The molecule has 0 saturated heterocycles. The summed E-state index contributed by atoms with van der Waals surface area (Å²) in [6.07, 6.45) is 1.03. The van der Waals surface area contributed by atoms with Crippen molar-refractivity contribution < 1.29 is 0 Å². The zero-order chi connectivity index (χ0) is 10.6. The smallest absolute Gasteiger partial charge is 0.168 e. The lowest BCUT2D eigenvalue weighted by Crippen LogP contribution is -2.20. The number of para-hydroxylation sites is 1. The first-order chi connectivity index (χ1) is 6.59. The lowest BCUT2D eigenvalue weighted by atomic mass is 10.0. The largest absolute Gasteiger partial charge is 0.376 e. The molecular formula is C11H16N2S. The van der Waals surface area contributed by atoms with Crippen LogP contribution >= 0.6 is 12.2 Å². The topological polar surface area (TPSA) is 38.0 Å². The Morgan fingerprint density at radius 2 is 2.07 bits per heavy atom. The normalized spacial score (nSPS) is 10.2. The molecule has 0 radical (unpaired) electrons. The van der Waals surface area contributed by atoms with E-state index in [0.717, 1.165) is 12.1 Å². The van der Waals surface area contributed by atoms with E-state index in [1.54, 1.807) is 0 Å². The molecular weight excluding hydrogens is 192 g/mol. The van der Waals surface area contributed by atoms with Gasteiger partial charge in [-0.25, -0.2) is 0 Å². The summed E-state index contributed by atoms with van der Waals surface area (Å²) in [4.78, 5) is 0. The summed E-state index contributed by atoms with van der Waals surface area (Å²) in [6, 6.07) is 8.10. The molecule has 0 heterocycles. The van der Waals surface area contributed by atoms with Crippen molar-refractivity contribution in [3.8, 4) is 0 Å². The maximum absolute atomic E-state index is 5.44. The molecule has 0 saturated carbocycles. The van der Waals surface area contributed by atoms with Gasteiger partial charge >= 0.3 is 0 Å². The van der Waals surface area contributed by atoms with Crippen LogP contribution in [0.25, 0.3) is 0 Å². The van der Waals surface area contributed by atoms with Crippen LogP contribution in [0.3, 0.4) is 0 Å². The van der Waals surface area contributed by atoms with Gasteiger partial charge in [0.1, 0.15) is 0 Å². The highest BCUT2D eigenvalue weighted by molar-refractivity contribution is 7.80. The number of anilines is 1. The van der Waals surface area contributed by atoms with Gasteiger partial charge in [-0.05, 0) is 36.2 Å². The van der Waals surface area contributed by atoms with Crippen LogP contribution in [0.15, 0.2) is 24.3 Å². The lowest BCUT2D eigenvalue weighted by Gasteiger charge is -2.12. The van der Waals surface area contributed by atoms with Gasteiger partial charge < -0.3 is 11.1 Å². The number of thiocarbonyl (C=S) groups is 1. The van der Waals surface area contributed by atoms with Gasteiger partial charge in [0.05, 0.1) is 0 Å². The number of hydrogen-bond acceptors (Lipinski definition) is 1. The van der Waals surface area contributed by atoms with Crippen LogP contribution < -0.4 is 11.1 Å². The van der Waals surface area contributed by atoms with E-state index in [4.69, 9.17) is 18.0 Å². The Balaban J connectivity index is 2.85. The van der Waals surface area contributed by atoms with Crippen LogP contribution in [0.1, 0.15) is 19.4 Å². The molecule has 2 nitrogen and oxygen atoms in total. The highest BCUT2D eigenvalue weighted by atomic mass is 32.1. The molecule has 0 atom stereocenters. The van der Waals surface area contributed by atoms with E-state index < -0.39 is 0 Å². The molecule has 0 aliphatic rings. The van der Waals surface area contributed by atoms with E-state index >= 15 is 0 Å². The average molecular weight is 208 g/mol. The van der Waals surface area contributed by atoms with Gasteiger partial charge in [-0.1, -0.05) is 32.0 Å². The second-order valence-corrected chi connectivity index (χ2v) is 4.18. The summed E-state index contributed by atoms with van der Waals surface area (Å²) in [5, 5.41) is 3.31. The Morgan fingerprint density at radius 3 is 2.64 bits per heavy atom. The Bertz CT molecular complexity index is 321. The lowest BCUT2D eigenvalue weighted by molar-refractivity contribution is 0.648. The Labute approximate surface area is 90.5 Å². The first kappa shape index (κ1) is 11.0. The summed E-state index contributed by atoms with van der Waals surface area (Å²) in [7, 11) is 0. The molecule has 0 aliphatic heterocycles. The van der Waals surface area contributed by atoms with Crippen molar-refractivity contribution in [1.29, 1.82) is 0 Å². The van der Waals surface area contributed by atoms with E-state index in [0.29, 0.717) is 11.0 Å². The monoisotopic (exact) mass is 208 g/mol. The fourth-order valence-corrected chi connectivity index (χ4v) is 1.50. The molecule has 76 valence electrons. The third-order valence-corrected chi connectivity index (χ3v) is 2.01. The second kappa shape index (κ2) is 4.96. The first-order valence-electron chi connectivity index (χ1n) is 4.74. The minimum absolute atomic E-state index is 0.321. The van der Waals surface area contributed by atoms with Crippen molar-refractivity contribution in [3.05, 3.63) is 29.8 Å². The zero-order valence-corrected chi connectivity index (χ0v) is 9.40. The van der Waals surface area contributed by atoms with Gasteiger partial charge in [0, 0.05) is 5.69 Å². The van der Waals surface area contributed by atoms with Gasteiger partial charge in [-0.3, -0.25) is 0 Å². The molecule has 1 aromatic carbocycles. The molecule has 0 unspecified atom stereocenters. The summed E-state index contributed by atoms with van der Waals surface area (Å²) in [5.41, 5.74) is 7.73. The highest BCUT2D eigenvalue weighted by Crippen LogP contribution is 2.18. The van der Waals surface area contributed by atoms with Crippen LogP contribution in [0.5, 0.6) is 0 Å². The zero-order valence-electron chi connectivity index (χ0n) is 8.58. The van der Waals surface area contributed by atoms with Gasteiger partial charge in [-0.2, -0.15) is 0 Å². The Morgan fingerprint density at radius 1 is 1.43 bits per heavy atom. The van der Waals surface area contributed by atoms with Crippen molar-refractivity contribution in [2.75, 3.05) is 5.32 Å². The molecule has 14 heavy (non-hydrogen) atoms. The maximum atomic E-state index is 5.44. The van der Waals surface area contributed by atoms with E-state index in [-0.39, 0.29) is 0 Å². The molecule has 1 rings (SSSR count). The van der Waals surface area contributed by atoms with Crippen molar-refractivity contribution in [3.63, 3.8) is 0 Å². The van der Waals surface area contributed by atoms with Crippen molar-refractivity contribution in [2.45, 2.75) is 20.3 Å². The van der Waals surface area contributed by atoms with E-state index in [2.05, 4.69) is 25.2 Å². The number of nitrogens with two attached hydrogens (primary N) is 1. The predicted octanol–water partition coefficient (Wildman–Crippen LogP) is 2.54. The Hall–Kier alpha value is -1.09. The molecule has 0 spiro atoms. The molecule has 0 fully saturated rings. The SMILES string of the molecule is CC(C)Cc1ccccc1NC(N)=S. The summed E-state index contributed by atoms with van der Waals surface area (Å²) in [5.74, 6) is 0.629. The van der Waals surface area contributed by atoms with Crippen LogP contribution in [-0.4, -0.2) is 5.11 Å². The van der Waals surface area contributed by atoms with Crippen molar-refractivity contribution in [2.24, 2.45) is 11.7 Å². The van der Waals surface area contributed by atoms with Crippen molar-refractivity contribution >= 4 is 23.0 Å². The number of benzene rings is 1. The van der Waals surface area contributed by atoms with Crippen LogP contribution in [0.2, 0.25) is 0 Å². The van der Waals surface area contributed by atoms with E-state index in [1.807, 2.05) is 18.2 Å². The molecule has 1 aromatic rings. The predicted molar refractivity (Wildman–Crippen MR) is 65.4 cm³/mol. The fraction of sp³-hybridized carbons (Fsp3) is 0.364.